The van der Waals surface area contributed by atoms with Gasteiger partial charge in [-0.1, -0.05) is 42.3 Å². The van der Waals surface area contributed by atoms with Gasteiger partial charge in [0.25, 0.3) is 5.91 Å². The number of esters is 1. The van der Waals surface area contributed by atoms with Crippen molar-refractivity contribution in [3.8, 4) is 0 Å². The highest BCUT2D eigenvalue weighted by atomic mass is 79.9. The van der Waals surface area contributed by atoms with Gasteiger partial charge in [-0.3, -0.25) is 4.79 Å². The van der Waals surface area contributed by atoms with Gasteiger partial charge in [-0.15, -0.1) is 0 Å². The Balaban J connectivity index is 2.96. The van der Waals surface area contributed by atoms with Crippen molar-refractivity contribution in [2.24, 2.45) is 5.92 Å². The van der Waals surface area contributed by atoms with Gasteiger partial charge in [-0.05, 0) is 30.5 Å². The smallest absolute Gasteiger partial charge is 0.328 e. The highest BCUT2D eigenvalue weighted by Gasteiger charge is 2.27. The quantitative estimate of drug-likeness (QED) is 0.837. The molecule has 1 amide bonds. The summed E-state index contributed by atoms with van der Waals surface area (Å²) in [6, 6.07) is 4.78. The summed E-state index contributed by atoms with van der Waals surface area (Å²) in [4.78, 5) is 24.1. The molecule has 5 heteroatoms. The second kappa shape index (κ2) is 7.43. The Labute approximate surface area is 128 Å². The van der Waals surface area contributed by atoms with E-state index in [4.69, 9.17) is 4.74 Å². The van der Waals surface area contributed by atoms with E-state index >= 15 is 0 Å². The minimum absolute atomic E-state index is 0.0128. The number of rotatable bonds is 5. The summed E-state index contributed by atoms with van der Waals surface area (Å²) < 4.78 is 5.63. The number of benzene rings is 1. The summed E-state index contributed by atoms with van der Waals surface area (Å²) in [7, 11) is 1.33. The molecule has 0 saturated carbocycles. The van der Waals surface area contributed by atoms with Crippen LogP contribution >= 0.6 is 15.9 Å². The zero-order chi connectivity index (χ0) is 15.3. The van der Waals surface area contributed by atoms with E-state index in [-0.39, 0.29) is 11.8 Å². The van der Waals surface area contributed by atoms with Crippen LogP contribution in [0.4, 0.5) is 0 Å². The lowest BCUT2D eigenvalue weighted by Gasteiger charge is -2.22. The van der Waals surface area contributed by atoms with Gasteiger partial charge in [0.05, 0.1) is 7.11 Å². The summed E-state index contributed by atoms with van der Waals surface area (Å²) in [6.45, 7) is 5.74. The van der Waals surface area contributed by atoms with Crippen LogP contribution in [0.25, 0.3) is 0 Å². The van der Waals surface area contributed by atoms with Gasteiger partial charge in [0, 0.05) is 10.0 Å². The van der Waals surface area contributed by atoms with Crippen molar-refractivity contribution in [1.82, 2.24) is 5.32 Å². The van der Waals surface area contributed by atoms with Crippen LogP contribution in [0.1, 0.15) is 36.2 Å². The molecule has 0 aromatic heterocycles. The summed E-state index contributed by atoms with van der Waals surface area (Å²) in [6.07, 6.45) is 0.775. The predicted molar refractivity (Wildman–Crippen MR) is 81.6 cm³/mol. The maximum absolute atomic E-state index is 12.3. The molecule has 0 aliphatic carbocycles. The van der Waals surface area contributed by atoms with E-state index in [1.165, 1.54) is 7.11 Å². The van der Waals surface area contributed by atoms with Crippen LogP contribution in [0.2, 0.25) is 0 Å². The van der Waals surface area contributed by atoms with Gasteiger partial charge < -0.3 is 10.1 Å². The lowest BCUT2D eigenvalue weighted by Crippen LogP contribution is -2.45. The van der Waals surface area contributed by atoms with E-state index in [1.807, 2.05) is 26.8 Å². The molecule has 4 nitrogen and oxygen atoms in total. The molecule has 0 fully saturated rings. The summed E-state index contributed by atoms with van der Waals surface area (Å²) >= 11 is 3.39. The van der Waals surface area contributed by atoms with Gasteiger partial charge in [0.1, 0.15) is 6.04 Å². The molecule has 20 heavy (non-hydrogen) atoms. The molecule has 0 aliphatic heterocycles. The number of methoxy groups -OCH3 is 1. The molecule has 1 rings (SSSR count). The second-order valence-electron chi connectivity index (χ2n) is 4.77. The molecule has 110 valence electrons. The SMILES string of the molecule is CCC(C)C(NC(=O)c1cccc(Br)c1C)C(=O)OC. The van der Waals surface area contributed by atoms with Gasteiger partial charge >= 0.3 is 5.97 Å². The predicted octanol–water partition coefficient (Wildman–Crippen LogP) is 3.08. The van der Waals surface area contributed by atoms with E-state index in [2.05, 4.69) is 21.2 Å². The van der Waals surface area contributed by atoms with Crippen LogP contribution in [0.15, 0.2) is 22.7 Å². The largest absolute Gasteiger partial charge is 0.467 e. The summed E-state index contributed by atoms with van der Waals surface area (Å²) in [5.74, 6) is -0.668. The first-order chi connectivity index (χ1) is 9.42. The first-order valence-corrected chi connectivity index (χ1v) is 7.35. The minimum atomic E-state index is -0.629. The highest BCUT2D eigenvalue weighted by Crippen LogP contribution is 2.20. The van der Waals surface area contributed by atoms with Gasteiger partial charge in [-0.25, -0.2) is 4.79 Å². The molecule has 0 bridgehead atoms. The molecule has 0 spiro atoms. The van der Waals surface area contributed by atoms with E-state index in [1.54, 1.807) is 12.1 Å². The maximum atomic E-state index is 12.3. The fourth-order valence-corrected chi connectivity index (χ4v) is 2.23. The Hall–Kier alpha value is -1.36. The average Bonchev–Trinajstić information content (AvgIpc) is 2.45. The molecule has 1 N–H and O–H groups in total. The van der Waals surface area contributed by atoms with Crippen LogP contribution < -0.4 is 5.32 Å². The van der Waals surface area contributed by atoms with Crippen LogP contribution in [0, 0.1) is 12.8 Å². The van der Waals surface area contributed by atoms with Crippen molar-refractivity contribution in [2.75, 3.05) is 7.11 Å². The molecule has 2 atom stereocenters. The van der Waals surface area contributed by atoms with Crippen molar-refractivity contribution in [3.05, 3.63) is 33.8 Å². The minimum Gasteiger partial charge on any atom is -0.467 e. The molecule has 2 unspecified atom stereocenters. The number of hydrogen-bond donors (Lipinski definition) is 1. The summed E-state index contributed by atoms with van der Waals surface area (Å²) in [5.41, 5.74) is 1.40. The monoisotopic (exact) mass is 341 g/mol. The first-order valence-electron chi connectivity index (χ1n) is 6.56. The Morgan fingerprint density at radius 1 is 1.40 bits per heavy atom. The molecule has 0 aliphatic rings. The molecule has 1 aromatic rings. The fraction of sp³-hybridized carbons (Fsp3) is 0.467. The van der Waals surface area contributed by atoms with Crippen molar-refractivity contribution in [3.63, 3.8) is 0 Å². The first kappa shape index (κ1) is 16.7. The zero-order valence-electron chi connectivity index (χ0n) is 12.2. The molecule has 0 radical (unpaired) electrons. The van der Waals surface area contributed by atoms with Gasteiger partial charge in [-0.2, -0.15) is 0 Å². The molecular formula is C15H20BrNO3. The van der Waals surface area contributed by atoms with E-state index in [0.717, 1.165) is 16.5 Å². The Kier molecular flexibility index (Phi) is 6.20. The van der Waals surface area contributed by atoms with Crippen molar-refractivity contribution in [2.45, 2.75) is 33.2 Å². The van der Waals surface area contributed by atoms with E-state index in [9.17, 15) is 9.59 Å². The zero-order valence-corrected chi connectivity index (χ0v) is 13.8. The number of hydrogen-bond acceptors (Lipinski definition) is 3. The Bertz CT molecular complexity index is 502. The number of ether oxygens (including phenoxy) is 1. The third kappa shape index (κ3) is 3.82. The fourth-order valence-electron chi connectivity index (χ4n) is 1.87. The molecule has 0 saturated heterocycles. The van der Waals surface area contributed by atoms with E-state index < -0.39 is 12.0 Å². The van der Waals surface area contributed by atoms with E-state index in [0.29, 0.717) is 5.56 Å². The summed E-state index contributed by atoms with van der Waals surface area (Å²) in [5, 5.41) is 2.77. The van der Waals surface area contributed by atoms with Crippen LogP contribution in [0.5, 0.6) is 0 Å². The van der Waals surface area contributed by atoms with Crippen LogP contribution in [0.3, 0.4) is 0 Å². The topological polar surface area (TPSA) is 55.4 Å². The Morgan fingerprint density at radius 2 is 2.05 bits per heavy atom. The Morgan fingerprint density at radius 3 is 2.60 bits per heavy atom. The normalized spacial score (nSPS) is 13.4. The lowest BCUT2D eigenvalue weighted by molar-refractivity contribution is -0.144. The van der Waals surface area contributed by atoms with Crippen LogP contribution in [-0.4, -0.2) is 25.0 Å². The average molecular weight is 342 g/mol. The highest BCUT2D eigenvalue weighted by molar-refractivity contribution is 9.10. The third-order valence-corrected chi connectivity index (χ3v) is 4.33. The number of carbonyl (C=O) groups is 2. The van der Waals surface area contributed by atoms with Crippen molar-refractivity contribution in [1.29, 1.82) is 0 Å². The molecule has 0 heterocycles. The lowest BCUT2D eigenvalue weighted by atomic mass is 9.98. The number of halogens is 1. The maximum Gasteiger partial charge on any atom is 0.328 e. The number of nitrogens with one attached hydrogen (secondary N) is 1. The second-order valence-corrected chi connectivity index (χ2v) is 5.63. The third-order valence-electron chi connectivity index (χ3n) is 3.47. The molecular weight excluding hydrogens is 322 g/mol. The number of carbonyl (C=O) groups excluding carboxylic acids is 2. The van der Waals surface area contributed by atoms with Crippen molar-refractivity contribution < 1.29 is 14.3 Å². The van der Waals surface area contributed by atoms with Crippen molar-refractivity contribution >= 4 is 27.8 Å². The van der Waals surface area contributed by atoms with Gasteiger partial charge in [0.2, 0.25) is 0 Å². The molecule has 1 aromatic carbocycles. The van der Waals surface area contributed by atoms with Gasteiger partial charge in [0.15, 0.2) is 0 Å². The standard InChI is InChI=1S/C15H20BrNO3/c1-5-9(2)13(15(19)20-4)17-14(18)11-7-6-8-12(16)10(11)3/h6-9,13H,5H2,1-4H3,(H,17,18). The number of amides is 1. The van der Waals surface area contributed by atoms with Crippen LogP contribution in [-0.2, 0) is 9.53 Å².